The number of hydrogen-bond donors (Lipinski definition) is 2. The predicted molar refractivity (Wildman–Crippen MR) is 99.6 cm³/mol. The van der Waals surface area contributed by atoms with Gasteiger partial charge in [0.05, 0.1) is 12.8 Å². The van der Waals surface area contributed by atoms with Gasteiger partial charge in [-0.1, -0.05) is 24.3 Å². The van der Waals surface area contributed by atoms with E-state index in [2.05, 4.69) is 4.99 Å². The van der Waals surface area contributed by atoms with E-state index in [1.165, 1.54) is 13.2 Å². The average molecular weight is 364 g/mol. The van der Waals surface area contributed by atoms with E-state index in [9.17, 15) is 9.59 Å². The zero-order chi connectivity index (χ0) is 19.4. The molecule has 1 aromatic heterocycles. The molecule has 0 saturated heterocycles. The highest BCUT2D eigenvalue weighted by molar-refractivity contribution is 5.96. The molecule has 0 unspecified atom stereocenters. The number of ether oxygens (including phenoxy) is 1. The molecule has 0 aliphatic rings. The molecule has 3 aromatic rings. The molecule has 1 heterocycles. The molecule has 1 amide bonds. The van der Waals surface area contributed by atoms with Crippen LogP contribution in [0.15, 0.2) is 64.0 Å². The number of nitrogens with two attached hydrogens (primary N) is 1. The van der Waals surface area contributed by atoms with Crippen LogP contribution in [-0.4, -0.2) is 24.1 Å². The third-order valence-electron chi connectivity index (χ3n) is 3.74. The molecule has 0 radical (unpaired) electrons. The molecule has 0 atom stereocenters. The van der Waals surface area contributed by atoms with Crippen LogP contribution in [0.2, 0.25) is 0 Å². The van der Waals surface area contributed by atoms with Gasteiger partial charge in [-0.25, -0.2) is 9.79 Å². The van der Waals surface area contributed by atoms with Gasteiger partial charge in [-0.05, 0) is 35.9 Å². The summed E-state index contributed by atoms with van der Waals surface area (Å²) in [7, 11) is 1.52. The number of carboxylic acids is 1. The van der Waals surface area contributed by atoms with Gasteiger partial charge in [0, 0.05) is 11.5 Å². The fourth-order valence-corrected chi connectivity index (χ4v) is 2.53. The number of carbonyl (C=O) groups is 2. The summed E-state index contributed by atoms with van der Waals surface area (Å²) in [5.41, 5.74) is 7.19. The van der Waals surface area contributed by atoms with E-state index in [1.54, 1.807) is 48.5 Å². The van der Waals surface area contributed by atoms with Crippen LogP contribution in [0, 0.1) is 0 Å². The number of methoxy groups -OCH3 is 1. The van der Waals surface area contributed by atoms with Gasteiger partial charge < -0.3 is 20.0 Å². The van der Waals surface area contributed by atoms with E-state index in [0.29, 0.717) is 28.0 Å². The van der Waals surface area contributed by atoms with E-state index >= 15 is 0 Å². The molecule has 2 aromatic carbocycles. The molecular weight excluding hydrogens is 348 g/mol. The highest BCUT2D eigenvalue weighted by atomic mass is 16.5. The van der Waals surface area contributed by atoms with Crippen LogP contribution in [0.1, 0.15) is 15.9 Å². The highest BCUT2D eigenvalue weighted by Crippen LogP contribution is 2.25. The van der Waals surface area contributed by atoms with Gasteiger partial charge in [-0.2, -0.15) is 0 Å². The van der Waals surface area contributed by atoms with Gasteiger partial charge >= 0.3 is 5.97 Å². The predicted octanol–water partition coefficient (Wildman–Crippen LogP) is 2.87. The summed E-state index contributed by atoms with van der Waals surface area (Å²) in [4.78, 5) is 26.9. The largest absolute Gasteiger partial charge is 0.493 e. The Kier molecular flexibility index (Phi) is 5.03. The van der Waals surface area contributed by atoms with Crippen LogP contribution in [-0.2, 0) is 4.79 Å². The molecule has 3 N–H and O–H groups in total. The highest BCUT2D eigenvalue weighted by Gasteiger charge is 2.12. The number of primary amides is 1. The standard InChI is InChI=1S/C20H16N2O5/c1-26-16-7-3-5-13-11-15(19(21)25)20(27-18(13)16)22-14-6-2-4-12(10-14)8-9-17(23)24/h2-11H,1H3,(H2,21,25)(H,23,24). The fraction of sp³-hybridized carbons (Fsp3) is 0.0500. The van der Waals surface area contributed by atoms with E-state index in [-0.39, 0.29) is 11.1 Å². The monoisotopic (exact) mass is 364 g/mol. The number of amides is 1. The second-order valence-corrected chi connectivity index (χ2v) is 5.59. The fourth-order valence-electron chi connectivity index (χ4n) is 2.53. The van der Waals surface area contributed by atoms with Crippen LogP contribution in [0.5, 0.6) is 5.75 Å². The Morgan fingerprint density at radius 3 is 2.67 bits per heavy atom. The summed E-state index contributed by atoms with van der Waals surface area (Å²) >= 11 is 0. The van der Waals surface area contributed by atoms with Gasteiger partial charge in [0.15, 0.2) is 11.3 Å². The minimum absolute atomic E-state index is 0.0406. The number of rotatable bonds is 5. The lowest BCUT2D eigenvalue weighted by Gasteiger charge is -2.06. The van der Waals surface area contributed by atoms with Crippen molar-refractivity contribution in [2.24, 2.45) is 10.7 Å². The number of nitrogens with zero attached hydrogens (tertiary/aromatic N) is 1. The number of aliphatic carboxylic acids is 1. The first-order chi connectivity index (χ1) is 13.0. The summed E-state index contributed by atoms with van der Waals surface area (Å²) in [6.45, 7) is 0. The van der Waals surface area contributed by atoms with Crippen molar-refractivity contribution >= 4 is 34.6 Å². The first kappa shape index (κ1) is 17.9. The third kappa shape index (κ3) is 4.04. The van der Waals surface area contributed by atoms with Crippen molar-refractivity contribution in [1.29, 1.82) is 0 Å². The zero-order valence-electron chi connectivity index (χ0n) is 14.4. The van der Waals surface area contributed by atoms with Crippen molar-refractivity contribution in [1.82, 2.24) is 0 Å². The maximum atomic E-state index is 11.8. The Hall–Kier alpha value is -3.87. The number of para-hydroxylation sites is 1. The second kappa shape index (κ2) is 7.57. The van der Waals surface area contributed by atoms with E-state index in [1.807, 2.05) is 0 Å². The zero-order valence-corrected chi connectivity index (χ0v) is 14.4. The maximum absolute atomic E-state index is 11.8. The van der Waals surface area contributed by atoms with Crippen molar-refractivity contribution in [2.45, 2.75) is 0 Å². The third-order valence-corrected chi connectivity index (χ3v) is 3.74. The molecule has 0 spiro atoms. The first-order valence-corrected chi connectivity index (χ1v) is 7.94. The summed E-state index contributed by atoms with van der Waals surface area (Å²) < 4.78 is 11.1. The summed E-state index contributed by atoms with van der Waals surface area (Å²) in [6, 6.07) is 13.7. The Morgan fingerprint density at radius 1 is 1.19 bits per heavy atom. The van der Waals surface area contributed by atoms with E-state index in [4.69, 9.17) is 20.0 Å². The Balaban J connectivity index is 2.20. The molecule has 0 saturated carbocycles. The lowest BCUT2D eigenvalue weighted by Crippen LogP contribution is -2.21. The number of hydrogen-bond acceptors (Lipinski definition) is 5. The molecule has 0 aliphatic heterocycles. The van der Waals surface area contributed by atoms with Crippen LogP contribution >= 0.6 is 0 Å². The normalized spacial score (nSPS) is 11.8. The van der Waals surface area contributed by atoms with Gasteiger partial charge in [0.1, 0.15) is 5.56 Å². The number of carbonyl (C=O) groups excluding carboxylic acids is 1. The van der Waals surface area contributed by atoms with Gasteiger partial charge in [0.2, 0.25) is 5.55 Å². The van der Waals surface area contributed by atoms with Crippen molar-refractivity contribution < 1.29 is 23.8 Å². The minimum atomic E-state index is -1.05. The van der Waals surface area contributed by atoms with Crippen LogP contribution in [0.3, 0.4) is 0 Å². The van der Waals surface area contributed by atoms with Gasteiger partial charge in [-0.3, -0.25) is 4.79 Å². The number of carboxylic acid groups (broad SMARTS) is 1. The van der Waals surface area contributed by atoms with Crippen molar-refractivity contribution in [3.8, 4) is 5.75 Å². The molecule has 3 rings (SSSR count). The molecular formula is C20H16N2O5. The van der Waals surface area contributed by atoms with Crippen molar-refractivity contribution in [3.05, 3.63) is 71.3 Å². The smallest absolute Gasteiger partial charge is 0.328 e. The average Bonchev–Trinajstić information content (AvgIpc) is 2.65. The molecule has 0 aliphatic carbocycles. The summed E-state index contributed by atoms with van der Waals surface area (Å²) in [5.74, 6) is -1.23. The lowest BCUT2D eigenvalue weighted by atomic mass is 10.1. The Morgan fingerprint density at radius 2 is 1.96 bits per heavy atom. The minimum Gasteiger partial charge on any atom is -0.493 e. The lowest BCUT2D eigenvalue weighted by molar-refractivity contribution is -0.131. The summed E-state index contributed by atoms with van der Waals surface area (Å²) in [6.07, 6.45) is 2.47. The molecule has 7 nitrogen and oxygen atoms in total. The van der Waals surface area contributed by atoms with E-state index in [0.717, 1.165) is 6.08 Å². The van der Waals surface area contributed by atoms with Crippen LogP contribution < -0.4 is 16.0 Å². The van der Waals surface area contributed by atoms with Crippen molar-refractivity contribution in [2.75, 3.05) is 7.11 Å². The Labute approximate surface area is 154 Å². The first-order valence-electron chi connectivity index (χ1n) is 7.94. The van der Waals surface area contributed by atoms with Gasteiger partial charge in [-0.15, -0.1) is 0 Å². The summed E-state index contributed by atoms with van der Waals surface area (Å²) in [5, 5.41) is 9.39. The van der Waals surface area contributed by atoms with Gasteiger partial charge in [0.25, 0.3) is 5.91 Å². The molecule has 27 heavy (non-hydrogen) atoms. The SMILES string of the molecule is COc1cccc2cc(C(N)=O)c(=Nc3cccc(C=CC(=O)O)c3)oc12. The topological polar surface area (TPSA) is 115 Å². The number of benzene rings is 2. The number of fused-ring (bicyclic) bond motifs is 1. The molecule has 0 bridgehead atoms. The quantitative estimate of drug-likeness (QED) is 0.676. The van der Waals surface area contributed by atoms with Crippen molar-refractivity contribution in [3.63, 3.8) is 0 Å². The Bertz CT molecular complexity index is 1130. The molecule has 136 valence electrons. The second-order valence-electron chi connectivity index (χ2n) is 5.59. The van der Waals surface area contributed by atoms with Crippen LogP contribution in [0.4, 0.5) is 5.69 Å². The maximum Gasteiger partial charge on any atom is 0.328 e. The van der Waals surface area contributed by atoms with Crippen LogP contribution in [0.25, 0.3) is 17.0 Å². The molecule has 7 heteroatoms. The van der Waals surface area contributed by atoms with E-state index < -0.39 is 11.9 Å². The molecule has 0 fully saturated rings.